The summed E-state index contributed by atoms with van der Waals surface area (Å²) < 4.78 is 0. The second-order valence-electron chi connectivity index (χ2n) is 8.07. The van der Waals surface area contributed by atoms with Crippen LogP contribution in [-0.4, -0.2) is 71.8 Å². The monoisotopic (exact) mass is 319 g/mol. The molecule has 23 heavy (non-hydrogen) atoms. The molecule has 0 aromatic carbocycles. The van der Waals surface area contributed by atoms with Crippen molar-refractivity contribution in [3.63, 3.8) is 0 Å². The van der Waals surface area contributed by atoms with E-state index in [0.717, 1.165) is 32.5 Å². The zero-order valence-corrected chi connectivity index (χ0v) is 14.2. The van der Waals surface area contributed by atoms with E-state index >= 15 is 0 Å². The van der Waals surface area contributed by atoms with Crippen molar-refractivity contribution in [1.82, 2.24) is 14.7 Å². The summed E-state index contributed by atoms with van der Waals surface area (Å²) in [4.78, 5) is 31.8. The Morgan fingerprint density at radius 3 is 2.52 bits per heavy atom. The Balaban J connectivity index is 1.40. The summed E-state index contributed by atoms with van der Waals surface area (Å²) in [6.07, 6.45) is 7.66. The van der Waals surface area contributed by atoms with E-state index in [0.29, 0.717) is 31.0 Å². The Labute approximate surface area is 139 Å². The Morgan fingerprint density at radius 1 is 1.09 bits per heavy atom. The van der Waals surface area contributed by atoms with Crippen molar-refractivity contribution < 1.29 is 9.59 Å². The largest absolute Gasteiger partial charge is 0.342 e. The standard InChI is InChI=1S/C18H29N3O2/c1-19-8-2-4-15(19)16-5-3-9-21(16)18(23)14-10-17(22)20(12-14)11-13-6-7-13/h13-16H,2-12H2,1H3. The summed E-state index contributed by atoms with van der Waals surface area (Å²) in [5, 5.41) is 0. The van der Waals surface area contributed by atoms with Gasteiger partial charge < -0.3 is 14.7 Å². The molecule has 2 amide bonds. The summed E-state index contributed by atoms with van der Waals surface area (Å²) in [5.74, 6) is 1.07. The SMILES string of the molecule is CN1CCCC1C1CCCN1C(=O)C1CC(=O)N(CC2CC2)C1. The Bertz CT molecular complexity index is 491. The van der Waals surface area contributed by atoms with Crippen LogP contribution in [0.5, 0.6) is 0 Å². The summed E-state index contributed by atoms with van der Waals surface area (Å²) in [6, 6.07) is 0.906. The van der Waals surface area contributed by atoms with Crippen LogP contribution in [0.3, 0.4) is 0 Å². The molecule has 1 saturated carbocycles. The van der Waals surface area contributed by atoms with Crippen LogP contribution in [0.15, 0.2) is 0 Å². The Hall–Kier alpha value is -1.10. The number of nitrogens with zero attached hydrogens (tertiary/aromatic N) is 3. The van der Waals surface area contributed by atoms with Crippen LogP contribution in [0.2, 0.25) is 0 Å². The highest BCUT2D eigenvalue weighted by atomic mass is 16.2. The number of amides is 2. The molecule has 3 saturated heterocycles. The van der Waals surface area contributed by atoms with Crippen molar-refractivity contribution in [3.05, 3.63) is 0 Å². The fourth-order valence-corrected chi connectivity index (χ4v) is 4.85. The lowest BCUT2D eigenvalue weighted by Crippen LogP contribution is -2.49. The predicted molar refractivity (Wildman–Crippen MR) is 87.8 cm³/mol. The highest BCUT2D eigenvalue weighted by Crippen LogP contribution is 2.34. The fraction of sp³-hybridized carbons (Fsp3) is 0.889. The molecular weight excluding hydrogens is 290 g/mol. The van der Waals surface area contributed by atoms with Gasteiger partial charge in [0.1, 0.15) is 0 Å². The quantitative estimate of drug-likeness (QED) is 0.785. The van der Waals surface area contributed by atoms with Gasteiger partial charge >= 0.3 is 0 Å². The van der Waals surface area contributed by atoms with Crippen LogP contribution in [-0.2, 0) is 9.59 Å². The normalized spacial score (nSPS) is 35.5. The molecule has 4 rings (SSSR count). The maximum atomic E-state index is 13.0. The summed E-state index contributed by atoms with van der Waals surface area (Å²) in [7, 11) is 2.19. The molecule has 3 atom stereocenters. The van der Waals surface area contributed by atoms with Gasteiger partial charge in [-0.15, -0.1) is 0 Å². The van der Waals surface area contributed by atoms with Gasteiger partial charge in [-0.05, 0) is 58.0 Å². The third-order valence-electron chi connectivity index (χ3n) is 6.34. The smallest absolute Gasteiger partial charge is 0.228 e. The first-order valence-electron chi connectivity index (χ1n) is 9.42. The zero-order chi connectivity index (χ0) is 16.0. The second-order valence-corrected chi connectivity index (χ2v) is 8.07. The maximum Gasteiger partial charge on any atom is 0.228 e. The van der Waals surface area contributed by atoms with Crippen LogP contribution in [0.4, 0.5) is 0 Å². The molecule has 0 radical (unpaired) electrons. The summed E-state index contributed by atoms with van der Waals surface area (Å²) in [6.45, 7) is 3.59. The van der Waals surface area contributed by atoms with Crippen LogP contribution in [0.1, 0.15) is 44.9 Å². The molecule has 0 bridgehead atoms. The first-order chi connectivity index (χ1) is 11.1. The maximum absolute atomic E-state index is 13.0. The average Bonchev–Trinajstić information content (AvgIpc) is 2.91. The van der Waals surface area contributed by atoms with Gasteiger partial charge in [0.25, 0.3) is 0 Å². The molecule has 5 nitrogen and oxygen atoms in total. The number of hydrogen-bond acceptors (Lipinski definition) is 3. The lowest BCUT2D eigenvalue weighted by atomic mass is 10.0. The third-order valence-corrected chi connectivity index (χ3v) is 6.34. The first-order valence-corrected chi connectivity index (χ1v) is 9.42. The van der Waals surface area contributed by atoms with E-state index in [1.54, 1.807) is 0 Å². The van der Waals surface area contributed by atoms with Gasteiger partial charge in [-0.25, -0.2) is 0 Å². The average molecular weight is 319 g/mol. The third kappa shape index (κ3) is 3.00. The molecular formula is C18H29N3O2. The Morgan fingerprint density at radius 2 is 1.83 bits per heavy atom. The number of carbonyl (C=O) groups excluding carboxylic acids is 2. The summed E-state index contributed by atoms with van der Waals surface area (Å²) in [5.41, 5.74) is 0. The van der Waals surface area contributed by atoms with Gasteiger partial charge in [0.15, 0.2) is 0 Å². The van der Waals surface area contributed by atoms with E-state index in [9.17, 15) is 9.59 Å². The lowest BCUT2D eigenvalue weighted by Gasteiger charge is -2.34. The number of likely N-dealkylation sites (tertiary alicyclic amines) is 3. The van der Waals surface area contributed by atoms with Crippen LogP contribution in [0, 0.1) is 11.8 Å². The number of likely N-dealkylation sites (N-methyl/N-ethyl adjacent to an activating group) is 1. The van der Waals surface area contributed by atoms with Crippen molar-refractivity contribution in [3.8, 4) is 0 Å². The lowest BCUT2D eigenvalue weighted by molar-refractivity contribution is -0.137. The molecule has 3 aliphatic heterocycles. The van der Waals surface area contributed by atoms with E-state index in [1.807, 2.05) is 4.90 Å². The first kappa shape index (κ1) is 15.4. The van der Waals surface area contributed by atoms with Crippen LogP contribution < -0.4 is 0 Å². The van der Waals surface area contributed by atoms with Gasteiger partial charge in [-0.3, -0.25) is 9.59 Å². The van der Waals surface area contributed by atoms with E-state index in [2.05, 4.69) is 16.8 Å². The molecule has 4 fully saturated rings. The van der Waals surface area contributed by atoms with Gasteiger partial charge in [0.2, 0.25) is 11.8 Å². The van der Waals surface area contributed by atoms with Gasteiger partial charge in [-0.1, -0.05) is 0 Å². The van der Waals surface area contributed by atoms with Crippen molar-refractivity contribution >= 4 is 11.8 Å². The number of hydrogen-bond donors (Lipinski definition) is 0. The minimum atomic E-state index is -0.0893. The van der Waals surface area contributed by atoms with Crippen molar-refractivity contribution in [2.24, 2.45) is 11.8 Å². The van der Waals surface area contributed by atoms with E-state index in [-0.39, 0.29) is 17.7 Å². The predicted octanol–water partition coefficient (Wildman–Crippen LogP) is 1.33. The minimum Gasteiger partial charge on any atom is -0.342 e. The molecule has 128 valence electrons. The number of rotatable bonds is 4. The topological polar surface area (TPSA) is 43.9 Å². The molecule has 3 heterocycles. The van der Waals surface area contributed by atoms with E-state index in [1.165, 1.54) is 25.7 Å². The molecule has 5 heteroatoms. The van der Waals surface area contributed by atoms with Crippen molar-refractivity contribution in [2.75, 3.05) is 33.2 Å². The van der Waals surface area contributed by atoms with E-state index in [4.69, 9.17) is 0 Å². The molecule has 0 N–H and O–H groups in total. The van der Waals surface area contributed by atoms with Crippen molar-refractivity contribution in [1.29, 1.82) is 0 Å². The fourth-order valence-electron chi connectivity index (χ4n) is 4.85. The molecule has 0 spiro atoms. The molecule has 1 aliphatic carbocycles. The highest BCUT2D eigenvalue weighted by molar-refractivity contribution is 5.89. The highest BCUT2D eigenvalue weighted by Gasteiger charge is 2.43. The minimum absolute atomic E-state index is 0.0893. The summed E-state index contributed by atoms with van der Waals surface area (Å²) >= 11 is 0. The zero-order valence-electron chi connectivity index (χ0n) is 14.2. The second kappa shape index (κ2) is 6.08. The molecule has 0 aromatic rings. The molecule has 0 aromatic heterocycles. The van der Waals surface area contributed by atoms with Gasteiger partial charge in [0, 0.05) is 38.1 Å². The van der Waals surface area contributed by atoms with Crippen LogP contribution >= 0.6 is 0 Å². The molecule has 3 unspecified atom stereocenters. The molecule has 4 aliphatic rings. The van der Waals surface area contributed by atoms with Gasteiger partial charge in [-0.2, -0.15) is 0 Å². The van der Waals surface area contributed by atoms with Crippen molar-refractivity contribution in [2.45, 2.75) is 57.0 Å². The Kier molecular flexibility index (Phi) is 4.08. The number of carbonyl (C=O) groups is 2. The van der Waals surface area contributed by atoms with Gasteiger partial charge in [0.05, 0.1) is 5.92 Å². The van der Waals surface area contributed by atoms with Crippen LogP contribution in [0.25, 0.3) is 0 Å². The van der Waals surface area contributed by atoms with E-state index < -0.39 is 0 Å².